The molecule has 2 heterocycles. The van der Waals surface area contributed by atoms with Gasteiger partial charge in [0.2, 0.25) is 0 Å². The van der Waals surface area contributed by atoms with E-state index in [0.29, 0.717) is 13.2 Å². The summed E-state index contributed by atoms with van der Waals surface area (Å²) in [6.45, 7) is 6.56. The highest BCUT2D eigenvalue weighted by Gasteiger charge is 2.23. The van der Waals surface area contributed by atoms with Crippen LogP contribution < -0.4 is 0 Å². The van der Waals surface area contributed by atoms with Crippen molar-refractivity contribution in [2.24, 2.45) is 7.05 Å². The van der Waals surface area contributed by atoms with Gasteiger partial charge in [0.1, 0.15) is 12.4 Å². The minimum atomic E-state index is -0.428. The van der Waals surface area contributed by atoms with Crippen molar-refractivity contribution in [3.63, 3.8) is 0 Å². The Morgan fingerprint density at radius 1 is 1.45 bits per heavy atom. The highest BCUT2D eigenvalue weighted by molar-refractivity contribution is 5.88. The summed E-state index contributed by atoms with van der Waals surface area (Å²) in [4.78, 5) is 16.2. The number of aromatic nitrogens is 5. The molecule has 0 spiro atoms. The summed E-state index contributed by atoms with van der Waals surface area (Å²) in [6.07, 6.45) is 3.60. The minimum Gasteiger partial charge on any atom is -0.461 e. The van der Waals surface area contributed by atoms with Gasteiger partial charge in [-0.05, 0) is 12.8 Å². The fraction of sp³-hybridized carbons (Fsp3) is 0.538. The molecule has 0 atom stereocenters. The van der Waals surface area contributed by atoms with E-state index in [1.54, 1.807) is 17.8 Å². The Morgan fingerprint density at radius 2 is 2.20 bits per heavy atom. The number of esters is 1. The Bertz CT molecular complexity index is 600. The van der Waals surface area contributed by atoms with E-state index < -0.39 is 5.97 Å². The highest BCUT2D eigenvalue weighted by atomic mass is 16.5. The van der Waals surface area contributed by atoms with Gasteiger partial charge in [0.05, 0.1) is 12.3 Å². The monoisotopic (exact) mass is 277 g/mol. The largest absolute Gasteiger partial charge is 0.461 e. The van der Waals surface area contributed by atoms with Crippen LogP contribution >= 0.6 is 0 Å². The molecule has 2 aromatic rings. The van der Waals surface area contributed by atoms with Gasteiger partial charge >= 0.3 is 5.97 Å². The molecule has 7 nitrogen and oxygen atoms in total. The summed E-state index contributed by atoms with van der Waals surface area (Å²) >= 11 is 0. The summed E-state index contributed by atoms with van der Waals surface area (Å²) in [5.74, 6) is 0.541. The second-order valence-corrected chi connectivity index (χ2v) is 4.81. The van der Waals surface area contributed by atoms with E-state index in [1.807, 2.05) is 31.7 Å². The molecule has 0 unspecified atom stereocenters. The number of hydrogen-bond donors (Lipinski definition) is 0. The van der Waals surface area contributed by atoms with Gasteiger partial charge in [-0.25, -0.2) is 14.5 Å². The van der Waals surface area contributed by atoms with Gasteiger partial charge in [-0.3, -0.25) is 0 Å². The SMILES string of the molecule is CCOC(=O)c1nnn(Cc2nccn2C)c1C(C)C. The molecule has 0 bridgehead atoms. The molecular weight excluding hydrogens is 258 g/mol. The standard InChI is InChI=1S/C13H19N5O2/c1-5-20-13(19)11-12(9(2)3)18(16-15-11)8-10-14-6-7-17(10)4/h6-7,9H,5,8H2,1-4H3. The first-order chi connectivity index (χ1) is 9.54. The smallest absolute Gasteiger partial charge is 0.360 e. The van der Waals surface area contributed by atoms with Gasteiger partial charge < -0.3 is 9.30 Å². The van der Waals surface area contributed by atoms with Crippen molar-refractivity contribution in [2.45, 2.75) is 33.2 Å². The van der Waals surface area contributed by atoms with Crippen LogP contribution in [0.4, 0.5) is 0 Å². The topological polar surface area (TPSA) is 74.8 Å². The summed E-state index contributed by atoms with van der Waals surface area (Å²) in [7, 11) is 1.92. The summed E-state index contributed by atoms with van der Waals surface area (Å²) in [5, 5.41) is 8.04. The quantitative estimate of drug-likeness (QED) is 0.771. The Labute approximate surface area is 117 Å². The molecule has 0 N–H and O–H groups in total. The Kier molecular flexibility index (Phi) is 4.16. The van der Waals surface area contributed by atoms with Gasteiger partial charge in [0.15, 0.2) is 5.69 Å². The molecule has 0 amide bonds. The molecule has 20 heavy (non-hydrogen) atoms. The third kappa shape index (κ3) is 2.71. The Hall–Kier alpha value is -2.18. The molecule has 108 valence electrons. The summed E-state index contributed by atoms with van der Waals surface area (Å²) in [6, 6.07) is 0. The average Bonchev–Trinajstić information content (AvgIpc) is 2.97. The van der Waals surface area contributed by atoms with Gasteiger partial charge in [0, 0.05) is 19.4 Å². The van der Waals surface area contributed by atoms with Crippen LogP contribution in [-0.4, -0.2) is 37.1 Å². The molecule has 0 saturated heterocycles. The van der Waals surface area contributed by atoms with Crippen molar-refractivity contribution in [1.29, 1.82) is 0 Å². The third-order valence-corrected chi connectivity index (χ3v) is 3.00. The maximum atomic E-state index is 11.9. The lowest BCUT2D eigenvalue weighted by Crippen LogP contribution is -2.14. The van der Waals surface area contributed by atoms with Gasteiger partial charge in [0.25, 0.3) is 0 Å². The lowest BCUT2D eigenvalue weighted by atomic mass is 10.1. The summed E-state index contributed by atoms with van der Waals surface area (Å²) in [5.41, 5.74) is 1.06. The molecule has 0 aliphatic rings. The molecule has 7 heteroatoms. The van der Waals surface area contributed by atoms with E-state index in [9.17, 15) is 4.79 Å². The van der Waals surface area contributed by atoms with Crippen LogP contribution in [0.1, 0.15) is 48.7 Å². The molecule has 0 saturated carbocycles. The highest BCUT2D eigenvalue weighted by Crippen LogP contribution is 2.19. The Balaban J connectivity index is 2.34. The Morgan fingerprint density at radius 3 is 2.75 bits per heavy atom. The molecule has 0 aliphatic heterocycles. The molecule has 2 aromatic heterocycles. The van der Waals surface area contributed by atoms with Crippen LogP contribution in [0.5, 0.6) is 0 Å². The van der Waals surface area contributed by atoms with Gasteiger partial charge in [-0.2, -0.15) is 0 Å². The van der Waals surface area contributed by atoms with Crippen LogP contribution in [0.2, 0.25) is 0 Å². The van der Waals surface area contributed by atoms with Crippen LogP contribution in [-0.2, 0) is 18.3 Å². The number of aryl methyl sites for hydroxylation is 1. The van der Waals surface area contributed by atoms with Crippen molar-refractivity contribution < 1.29 is 9.53 Å². The van der Waals surface area contributed by atoms with Crippen LogP contribution in [0.3, 0.4) is 0 Å². The number of imidazole rings is 1. The minimum absolute atomic E-state index is 0.115. The zero-order valence-electron chi connectivity index (χ0n) is 12.2. The first-order valence-electron chi connectivity index (χ1n) is 6.61. The fourth-order valence-corrected chi connectivity index (χ4v) is 2.04. The third-order valence-electron chi connectivity index (χ3n) is 3.00. The normalized spacial score (nSPS) is 11.1. The van der Waals surface area contributed by atoms with E-state index in [2.05, 4.69) is 15.3 Å². The summed E-state index contributed by atoms with van der Waals surface area (Å²) < 4.78 is 8.64. The van der Waals surface area contributed by atoms with Crippen molar-refractivity contribution in [2.75, 3.05) is 6.61 Å². The van der Waals surface area contributed by atoms with E-state index >= 15 is 0 Å². The lowest BCUT2D eigenvalue weighted by Gasteiger charge is -2.10. The molecule has 0 fully saturated rings. The lowest BCUT2D eigenvalue weighted by molar-refractivity contribution is 0.0517. The number of ether oxygens (including phenoxy) is 1. The molecule has 0 radical (unpaired) electrons. The predicted octanol–water partition coefficient (Wildman–Crippen LogP) is 1.36. The average molecular weight is 277 g/mol. The number of nitrogens with zero attached hydrogens (tertiary/aromatic N) is 5. The first kappa shape index (κ1) is 14.2. The van der Waals surface area contributed by atoms with E-state index in [4.69, 9.17) is 4.74 Å². The number of carbonyl (C=O) groups is 1. The van der Waals surface area contributed by atoms with Crippen LogP contribution in [0.25, 0.3) is 0 Å². The molecular formula is C13H19N5O2. The molecule has 0 aliphatic carbocycles. The van der Waals surface area contributed by atoms with E-state index in [1.165, 1.54) is 0 Å². The molecule has 0 aromatic carbocycles. The second kappa shape index (κ2) is 5.85. The predicted molar refractivity (Wildman–Crippen MR) is 72.4 cm³/mol. The molecule has 2 rings (SSSR count). The van der Waals surface area contributed by atoms with Crippen molar-refractivity contribution in [1.82, 2.24) is 24.5 Å². The van der Waals surface area contributed by atoms with E-state index in [0.717, 1.165) is 11.5 Å². The van der Waals surface area contributed by atoms with Crippen LogP contribution in [0.15, 0.2) is 12.4 Å². The maximum Gasteiger partial charge on any atom is 0.360 e. The number of rotatable bonds is 5. The zero-order chi connectivity index (χ0) is 14.7. The number of carbonyl (C=O) groups excluding carboxylic acids is 1. The van der Waals surface area contributed by atoms with Crippen LogP contribution in [0, 0.1) is 0 Å². The van der Waals surface area contributed by atoms with Gasteiger partial charge in [-0.1, -0.05) is 19.1 Å². The fourth-order valence-electron chi connectivity index (χ4n) is 2.04. The maximum absolute atomic E-state index is 11.9. The van der Waals surface area contributed by atoms with Crippen molar-refractivity contribution in [3.05, 3.63) is 29.6 Å². The van der Waals surface area contributed by atoms with Gasteiger partial charge in [-0.15, -0.1) is 5.10 Å². The second-order valence-electron chi connectivity index (χ2n) is 4.81. The first-order valence-corrected chi connectivity index (χ1v) is 6.61. The number of hydrogen-bond acceptors (Lipinski definition) is 5. The van der Waals surface area contributed by atoms with Crippen molar-refractivity contribution >= 4 is 5.97 Å². The zero-order valence-corrected chi connectivity index (χ0v) is 12.2. The van der Waals surface area contributed by atoms with E-state index in [-0.39, 0.29) is 11.6 Å². The van der Waals surface area contributed by atoms with Crippen molar-refractivity contribution in [3.8, 4) is 0 Å².